The zero-order valence-corrected chi connectivity index (χ0v) is 19.1. The molecule has 0 radical (unpaired) electrons. The summed E-state index contributed by atoms with van der Waals surface area (Å²) < 4.78 is 1.88. The van der Waals surface area contributed by atoms with Gasteiger partial charge >= 0.3 is 0 Å². The highest BCUT2D eigenvalue weighted by molar-refractivity contribution is 14.0. The fourth-order valence-corrected chi connectivity index (χ4v) is 3.52. The molecule has 1 saturated heterocycles. The van der Waals surface area contributed by atoms with Gasteiger partial charge in [0.15, 0.2) is 5.96 Å². The van der Waals surface area contributed by atoms with Crippen molar-refractivity contribution in [1.29, 1.82) is 0 Å². The van der Waals surface area contributed by atoms with E-state index >= 15 is 0 Å². The lowest BCUT2D eigenvalue weighted by Crippen LogP contribution is -2.39. The molecule has 7 heteroatoms. The first kappa shape index (κ1) is 21.7. The summed E-state index contributed by atoms with van der Waals surface area (Å²) in [4.78, 5) is 9.01. The lowest BCUT2D eigenvalue weighted by molar-refractivity contribution is 0.402. The van der Waals surface area contributed by atoms with Crippen LogP contribution in [0.15, 0.2) is 41.7 Å². The number of aromatic nitrogens is 2. The molecule has 1 aromatic heterocycles. The number of halogens is 1. The first-order valence-electron chi connectivity index (χ1n) is 9.22. The fraction of sp³-hybridized carbons (Fsp3) is 0.500. The van der Waals surface area contributed by atoms with Crippen molar-refractivity contribution in [3.05, 3.63) is 53.3 Å². The number of guanidine groups is 1. The Morgan fingerprint density at radius 2 is 1.96 bits per heavy atom. The highest BCUT2D eigenvalue weighted by atomic mass is 127. The number of rotatable bonds is 5. The van der Waals surface area contributed by atoms with Crippen molar-refractivity contribution in [2.24, 2.45) is 12.0 Å². The van der Waals surface area contributed by atoms with Crippen LogP contribution < -0.4 is 5.32 Å². The number of hydrogen-bond donors (Lipinski definition) is 1. The number of nitrogens with one attached hydrogen (secondary N) is 1. The third-order valence-electron chi connectivity index (χ3n) is 4.87. The Morgan fingerprint density at radius 3 is 2.56 bits per heavy atom. The third kappa shape index (κ3) is 5.93. The summed E-state index contributed by atoms with van der Waals surface area (Å²) in [5.74, 6) is 1.52. The van der Waals surface area contributed by atoms with E-state index in [1.165, 1.54) is 16.7 Å². The Morgan fingerprint density at radius 1 is 1.26 bits per heavy atom. The van der Waals surface area contributed by atoms with Crippen molar-refractivity contribution in [2.45, 2.75) is 25.4 Å². The summed E-state index contributed by atoms with van der Waals surface area (Å²) in [6.45, 7) is 3.79. The lowest BCUT2D eigenvalue weighted by Gasteiger charge is -2.21. The van der Waals surface area contributed by atoms with Gasteiger partial charge in [-0.25, -0.2) is 0 Å². The lowest BCUT2D eigenvalue weighted by atomic mass is 10.0. The van der Waals surface area contributed by atoms with E-state index in [1.54, 1.807) is 0 Å². The van der Waals surface area contributed by atoms with E-state index in [0.717, 1.165) is 38.6 Å². The second kappa shape index (κ2) is 10.1. The van der Waals surface area contributed by atoms with Crippen LogP contribution in [0.25, 0.3) is 0 Å². The summed E-state index contributed by atoms with van der Waals surface area (Å²) in [5.41, 5.74) is 3.93. The van der Waals surface area contributed by atoms with Gasteiger partial charge in [0.1, 0.15) is 0 Å². The Balaban J connectivity index is 0.00000261. The molecule has 1 aliphatic rings. The highest BCUT2D eigenvalue weighted by Crippen LogP contribution is 2.26. The Kier molecular flexibility index (Phi) is 8.09. The van der Waals surface area contributed by atoms with Crippen molar-refractivity contribution in [3.8, 4) is 0 Å². The van der Waals surface area contributed by atoms with Crippen molar-refractivity contribution in [2.75, 3.05) is 34.2 Å². The maximum Gasteiger partial charge on any atom is 0.193 e. The van der Waals surface area contributed by atoms with Gasteiger partial charge < -0.3 is 15.1 Å². The van der Waals surface area contributed by atoms with Crippen LogP contribution >= 0.6 is 24.0 Å². The van der Waals surface area contributed by atoms with Gasteiger partial charge in [-0.15, -0.1) is 24.0 Å². The summed E-state index contributed by atoms with van der Waals surface area (Å²) >= 11 is 0. The van der Waals surface area contributed by atoms with Crippen molar-refractivity contribution in [3.63, 3.8) is 0 Å². The molecule has 3 rings (SSSR count). The number of nitrogens with zero attached hydrogens (tertiary/aromatic N) is 5. The van der Waals surface area contributed by atoms with Crippen LogP contribution in [0.3, 0.4) is 0 Å². The standard InChI is InChI=1S/C20H30N6.HI/c1-21-20(22-11-16-5-7-17(8-6-16)13-24(2)3)26-10-9-18(15-26)19-12-23-25(4)14-19;/h5-8,12,14,18H,9-11,13,15H2,1-4H3,(H,21,22);1H. The summed E-state index contributed by atoms with van der Waals surface area (Å²) in [5, 5.41) is 7.81. The van der Waals surface area contributed by atoms with Gasteiger partial charge in [0.25, 0.3) is 0 Å². The van der Waals surface area contributed by atoms with Crippen molar-refractivity contribution in [1.82, 2.24) is 24.9 Å². The van der Waals surface area contributed by atoms with Crippen LogP contribution in [-0.4, -0.2) is 59.8 Å². The normalized spacial score (nSPS) is 17.3. The predicted octanol–water partition coefficient (Wildman–Crippen LogP) is 2.66. The Hall–Kier alpha value is -1.61. The molecule has 1 N–H and O–H groups in total. The maximum absolute atomic E-state index is 4.48. The number of hydrogen-bond acceptors (Lipinski definition) is 3. The van der Waals surface area contributed by atoms with Crippen LogP contribution in [0.1, 0.15) is 29.0 Å². The van der Waals surface area contributed by atoms with E-state index in [-0.39, 0.29) is 24.0 Å². The smallest absolute Gasteiger partial charge is 0.193 e. The van der Waals surface area contributed by atoms with Gasteiger partial charge in [-0.2, -0.15) is 5.10 Å². The number of benzene rings is 1. The second-order valence-corrected chi connectivity index (χ2v) is 7.33. The monoisotopic (exact) mass is 482 g/mol. The molecule has 1 aliphatic heterocycles. The molecule has 0 amide bonds. The minimum Gasteiger partial charge on any atom is -0.352 e. The second-order valence-electron chi connectivity index (χ2n) is 7.33. The molecule has 0 bridgehead atoms. The SMILES string of the molecule is CN=C(NCc1ccc(CN(C)C)cc1)N1CCC(c2cnn(C)c2)C1.I. The molecular weight excluding hydrogens is 451 g/mol. The van der Waals surface area contributed by atoms with Gasteiger partial charge in [0, 0.05) is 52.4 Å². The molecule has 0 spiro atoms. The van der Waals surface area contributed by atoms with Crippen LogP contribution in [0.2, 0.25) is 0 Å². The maximum atomic E-state index is 4.48. The minimum atomic E-state index is 0. The number of likely N-dealkylation sites (tertiary alicyclic amines) is 1. The summed E-state index contributed by atoms with van der Waals surface area (Å²) in [6, 6.07) is 8.80. The van der Waals surface area contributed by atoms with E-state index in [1.807, 2.05) is 25.0 Å². The Bertz CT molecular complexity index is 737. The van der Waals surface area contributed by atoms with E-state index in [0.29, 0.717) is 5.92 Å². The van der Waals surface area contributed by atoms with Crippen molar-refractivity contribution < 1.29 is 0 Å². The average molecular weight is 482 g/mol. The summed E-state index contributed by atoms with van der Waals surface area (Å²) in [7, 11) is 8.02. The minimum absolute atomic E-state index is 0. The fourth-order valence-electron chi connectivity index (χ4n) is 3.52. The van der Waals surface area contributed by atoms with Crippen LogP contribution in [0, 0.1) is 0 Å². The zero-order chi connectivity index (χ0) is 18.5. The molecular formula is C20H31IN6. The molecule has 2 heterocycles. The van der Waals surface area contributed by atoms with Crippen molar-refractivity contribution >= 4 is 29.9 Å². The molecule has 6 nitrogen and oxygen atoms in total. The molecule has 1 unspecified atom stereocenters. The van der Waals surface area contributed by atoms with E-state index < -0.39 is 0 Å². The zero-order valence-electron chi connectivity index (χ0n) is 16.7. The van der Waals surface area contributed by atoms with Gasteiger partial charge in [0.05, 0.1) is 6.20 Å². The molecule has 1 fully saturated rings. The van der Waals surface area contributed by atoms with Crippen LogP contribution in [0.4, 0.5) is 0 Å². The van der Waals surface area contributed by atoms with Gasteiger partial charge in [-0.3, -0.25) is 9.67 Å². The molecule has 1 atom stereocenters. The van der Waals surface area contributed by atoms with E-state index in [2.05, 4.69) is 69.8 Å². The molecule has 148 valence electrons. The van der Waals surface area contributed by atoms with E-state index in [9.17, 15) is 0 Å². The predicted molar refractivity (Wildman–Crippen MR) is 122 cm³/mol. The molecule has 27 heavy (non-hydrogen) atoms. The first-order chi connectivity index (χ1) is 12.5. The van der Waals surface area contributed by atoms with Crippen LogP contribution in [0.5, 0.6) is 0 Å². The number of aliphatic imine (C=N–C) groups is 1. The van der Waals surface area contributed by atoms with E-state index in [4.69, 9.17) is 0 Å². The van der Waals surface area contributed by atoms with Gasteiger partial charge in [-0.05, 0) is 37.2 Å². The molecule has 0 saturated carbocycles. The average Bonchev–Trinajstić information content (AvgIpc) is 3.25. The molecule has 0 aliphatic carbocycles. The Labute approximate surface area is 179 Å². The third-order valence-corrected chi connectivity index (χ3v) is 4.87. The summed E-state index contributed by atoms with van der Waals surface area (Å²) in [6.07, 6.45) is 5.25. The first-order valence-corrected chi connectivity index (χ1v) is 9.22. The molecule has 1 aromatic carbocycles. The van der Waals surface area contributed by atoms with Crippen LogP contribution in [-0.2, 0) is 20.1 Å². The highest BCUT2D eigenvalue weighted by Gasteiger charge is 2.26. The van der Waals surface area contributed by atoms with Gasteiger partial charge in [0.2, 0.25) is 0 Å². The number of aryl methyl sites for hydroxylation is 1. The largest absolute Gasteiger partial charge is 0.352 e. The van der Waals surface area contributed by atoms with Gasteiger partial charge in [-0.1, -0.05) is 24.3 Å². The topological polar surface area (TPSA) is 48.7 Å². The molecule has 2 aromatic rings. The quantitative estimate of drug-likeness (QED) is 0.405.